The molecule has 0 saturated heterocycles. The summed E-state index contributed by atoms with van der Waals surface area (Å²) in [4.78, 5) is 11.4. The summed E-state index contributed by atoms with van der Waals surface area (Å²) < 4.78 is 31.2. The molecule has 2 aromatic rings. The first-order valence-corrected chi connectivity index (χ1v) is 10.7. The summed E-state index contributed by atoms with van der Waals surface area (Å²) in [6.45, 7) is 7.20. The van der Waals surface area contributed by atoms with E-state index in [1.54, 1.807) is 6.92 Å². The maximum Gasteiger partial charge on any atom is 0.265 e. The Bertz CT molecular complexity index is 1120. The average molecular weight is 425 g/mol. The van der Waals surface area contributed by atoms with Gasteiger partial charge in [0.1, 0.15) is 15.6 Å². The molecule has 0 radical (unpaired) electrons. The first kappa shape index (κ1) is 19.6. The number of hydrogen-bond acceptors (Lipinski definition) is 6. The summed E-state index contributed by atoms with van der Waals surface area (Å²) in [5.41, 5.74) is 6.27. The Morgan fingerprint density at radius 2 is 1.85 bits per heavy atom. The number of carbonyl (C=O) groups excluding carboxylic acids is 1. The van der Waals surface area contributed by atoms with Crippen LogP contribution in [0, 0.1) is 20.8 Å². The van der Waals surface area contributed by atoms with Crippen molar-refractivity contribution in [3.05, 3.63) is 50.3 Å². The zero-order valence-corrected chi connectivity index (χ0v) is 17.5. The Morgan fingerprint density at radius 3 is 2.26 bits per heavy atom. The lowest BCUT2D eigenvalue weighted by Gasteiger charge is -2.22. The van der Waals surface area contributed by atoms with Gasteiger partial charge in [-0.2, -0.15) is 0 Å². The molecule has 27 heavy (non-hydrogen) atoms. The lowest BCUT2D eigenvalue weighted by molar-refractivity contribution is 0.101. The molecular formula is C18H17ClN2O4S2. The zero-order chi connectivity index (χ0) is 19.9. The predicted molar refractivity (Wildman–Crippen MR) is 106 cm³/mol. The van der Waals surface area contributed by atoms with Crippen molar-refractivity contribution < 1.29 is 17.7 Å². The van der Waals surface area contributed by atoms with E-state index in [1.807, 2.05) is 0 Å². The summed E-state index contributed by atoms with van der Waals surface area (Å²) in [5.74, 6) is -0.491. The number of sulfonamides is 1. The van der Waals surface area contributed by atoms with E-state index in [2.05, 4.69) is 35.9 Å². The van der Waals surface area contributed by atoms with Crippen molar-refractivity contribution in [1.29, 1.82) is 0 Å². The number of nitrogens with one attached hydrogen (secondary N) is 1. The molecule has 0 spiro atoms. The quantitative estimate of drug-likeness (QED) is 0.466. The fourth-order valence-corrected chi connectivity index (χ4v) is 5.32. The number of rotatable bonds is 4. The van der Waals surface area contributed by atoms with Crippen molar-refractivity contribution in [3.63, 3.8) is 0 Å². The maximum atomic E-state index is 12.1. The van der Waals surface area contributed by atoms with Crippen LogP contribution < -0.4 is 4.72 Å². The van der Waals surface area contributed by atoms with Gasteiger partial charge in [0.25, 0.3) is 15.9 Å². The number of anilines is 1. The van der Waals surface area contributed by atoms with Crippen LogP contribution in [0.3, 0.4) is 0 Å². The first-order valence-electron chi connectivity index (χ1n) is 7.96. The van der Waals surface area contributed by atoms with Crippen LogP contribution in [0.5, 0.6) is 0 Å². The van der Waals surface area contributed by atoms with Gasteiger partial charge in [-0.3, -0.25) is 4.79 Å². The number of Topliss-reactive ketones (excluding diaryl/α,β-unsaturated/α-hetero) is 1. The fraction of sp³-hybridized carbons (Fsp3) is 0.222. The third kappa shape index (κ3) is 3.65. The standard InChI is InChI=1S/C10H9ClN2O4S2.C8H8/c1-5-8(11)10(17-12-5)13-19(15,16)7-3-4-18-9(7)6(2)14;1-5-3-7-4-6(2)8(5)7/h3-4,13H,1-2H3;3-4H,1-2H3. The maximum absolute atomic E-state index is 12.1. The molecule has 0 atom stereocenters. The minimum Gasteiger partial charge on any atom is -0.336 e. The van der Waals surface area contributed by atoms with Gasteiger partial charge in [0.15, 0.2) is 5.78 Å². The predicted octanol–water partition coefficient (Wildman–Crippen LogP) is 4.99. The van der Waals surface area contributed by atoms with Gasteiger partial charge in [0.2, 0.25) is 0 Å². The molecule has 0 fully saturated rings. The van der Waals surface area contributed by atoms with E-state index >= 15 is 0 Å². The van der Waals surface area contributed by atoms with E-state index in [0.29, 0.717) is 5.69 Å². The minimum absolute atomic E-state index is 0.0863. The largest absolute Gasteiger partial charge is 0.336 e. The Kier molecular flexibility index (Phi) is 5.16. The highest BCUT2D eigenvalue weighted by molar-refractivity contribution is 7.93. The third-order valence-corrected chi connectivity index (χ3v) is 7.04. The van der Waals surface area contributed by atoms with E-state index < -0.39 is 10.0 Å². The van der Waals surface area contributed by atoms with E-state index in [9.17, 15) is 13.2 Å². The summed E-state index contributed by atoms with van der Waals surface area (Å²) in [6.07, 6.45) is 0. The summed E-state index contributed by atoms with van der Waals surface area (Å²) in [7, 11) is -3.93. The number of thiophene rings is 1. The average Bonchev–Trinajstić information content (AvgIpc) is 3.17. The van der Waals surface area contributed by atoms with Crippen LogP contribution in [0.15, 0.2) is 33.0 Å². The van der Waals surface area contributed by atoms with Crippen LogP contribution >= 0.6 is 22.9 Å². The van der Waals surface area contributed by atoms with Gasteiger partial charge in [-0.15, -0.1) is 11.3 Å². The van der Waals surface area contributed by atoms with E-state index in [4.69, 9.17) is 16.1 Å². The zero-order valence-electron chi connectivity index (χ0n) is 15.1. The second-order valence-electron chi connectivity index (χ2n) is 6.17. The molecule has 4 rings (SSSR count). The van der Waals surface area contributed by atoms with Crippen molar-refractivity contribution in [2.24, 2.45) is 0 Å². The van der Waals surface area contributed by atoms with Gasteiger partial charge in [0, 0.05) is 0 Å². The highest BCUT2D eigenvalue weighted by Gasteiger charge is 2.25. The smallest absolute Gasteiger partial charge is 0.265 e. The highest BCUT2D eigenvalue weighted by atomic mass is 35.5. The molecule has 9 heteroatoms. The van der Waals surface area contributed by atoms with Crippen LogP contribution in [0.4, 0.5) is 5.88 Å². The van der Waals surface area contributed by atoms with Crippen molar-refractivity contribution in [3.8, 4) is 11.1 Å². The summed E-state index contributed by atoms with van der Waals surface area (Å²) in [6, 6.07) is 5.80. The van der Waals surface area contributed by atoms with Gasteiger partial charge in [0.05, 0.1) is 4.88 Å². The number of halogens is 1. The number of fused-ring (bicyclic) bond motifs is 1. The summed E-state index contributed by atoms with van der Waals surface area (Å²) in [5, 5.41) is 5.15. The molecule has 2 aliphatic carbocycles. The Morgan fingerprint density at radius 1 is 1.22 bits per heavy atom. The number of aryl methyl sites for hydroxylation is 3. The molecule has 0 bridgehead atoms. The number of nitrogens with zero attached hydrogens (tertiary/aromatic N) is 1. The van der Waals surface area contributed by atoms with Gasteiger partial charge in [-0.25, -0.2) is 13.1 Å². The van der Waals surface area contributed by atoms with Crippen molar-refractivity contribution in [1.82, 2.24) is 5.16 Å². The van der Waals surface area contributed by atoms with Crippen LogP contribution in [0.2, 0.25) is 5.02 Å². The van der Waals surface area contributed by atoms with Crippen LogP contribution in [0.1, 0.15) is 33.4 Å². The second-order valence-corrected chi connectivity index (χ2v) is 9.12. The monoisotopic (exact) mass is 424 g/mol. The van der Waals surface area contributed by atoms with Crippen LogP contribution in [0.25, 0.3) is 11.1 Å². The molecule has 2 aliphatic rings. The molecule has 0 amide bonds. The number of aromatic nitrogens is 1. The van der Waals surface area contributed by atoms with Crippen LogP contribution in [-0.4, -0.2) is 19.4 Å². The molecule has 2 aromatic heterocycles. The molecule has 6 nitrogen and oxygen atoms in total. The Labute approximate surface area is 166 Å². The number of carbonyl (C=O) groups is 1. The molecule has 1 N–H and O–H groups in total. The van der Waals surface area contributed by atoms with Crippen LogP contribution in [-0.2, 0) is 10.0 Å². The molecule has 142 valence electrons. The summed E-state index contributed by atoms with van der Waals surface area (Å²) >= 11 is 6.89. The van der Waals surface area contributed by atoms with Crippen molar-refractivity contribution in [2.45, 2.75) is 32.6 Å². The van der Waals surface area contributed by atoms with Gasteiger partial charge in [-0.1, -0.05) is 28.9 Å². The Balaban J connectivity index is 0.000000216. The SMILES string of the molecule is CC(=O)c1sccc1S(=O)(=O)Nc1onc(C)c1Cl.Cc1cc2cc(C)c1-2. The van der Waals surface area contributed by atoms with E-state index in [-0.39, 0.29) is 26.5 Å². The fourth-order valence-electron chi connectivity index (χ4n) is 2.77. The molecule has 2 heterocycles. The van der Waals surface area contributed by atoms with Crippen molar-refractivity contribution in [2.75, 3.05) is 4.72 Å². The number of ketones is 1. The van der Waals surface area contributed by atoms with E-state index in [1.165, 1.54) is 40.6 Å². The normalized spacial score (nSPS) is 11.6. The molecule has 0 saturated carbocycles. The topological polar surface area (TPSA) is 89.3 Å². The number of benzene rings is 1. The number of hydrogen-bond donors (Lipinski definition) is 1. The van der Waals surface area contributed by atoms with Gasteiger partial charge in [-0.05, 0) is 61.4 Å². The molecular weight excluding hydrogens is 408 g/mol. The highest BCUT2D eigenvalue weighted by Crippen LogP contribution is 2.39. The van der Waals surface area contributed by atoms with Crippen molar-refractivity contribution >= 4 is 44.6 Å². The molecule has 0 aliphatic heterocycles. The molecule has 0 aromatic carbocycles. The minimum atomic E-state index is -3.93. The third-order valence-electron chi connectivity index (χ3n) is 4.08. The lowest BCUT2D eigenvalue weighted by Crippen LogP contribution is -2.14. The molecule has 0 unspecified atom stereocenters. The van der Waals surface area contributed by atoms with Gasteiger partial charge < -0.3 is 4.52 Å². The van der Waals surface area contributed by atoms with E-state index in [0.717, 1.165) is 11.3 Å². The second kappa shape index (κ2) is 7.10. The Hall–Kier alpha value is -2.16. The lowest BCUT2D eigenvalue weighted by atomic mass is 9.82. The van der Waals surface area contributed by atoms with Gasteiger partial charge >= 0.3 is 0 Å². The first-order chi connectivity index (χ1) is 12.6.